The van der Waals surface area contributed by atoms with Gasteiger partial charge in [-0.15, -0.1) is 0 Å². The van der Waals surface area contributed by atoms with Crippen LogP contribution < -0.4 is 5.32 Å². The van der Waals surface area contributed by atoms with Gasteiger partial charge in [-0.05, 0) is 50.6 Å². The minimum atomic E-state index is 0.00951. The predicted octanol–water partition coefficient (Wildman–Crippen LogP) is 2.59. The highest BCUT2D eigenvalue weighted by Crippen LogP contribution is 2.17. The molecule has 6 nitrogen and oxygen atoms in total. The van der Waals surface area contributed by atoms with Gasteiger partial charge in [0.1, 0.15) is 0 Å². The number of piperidine rings is 1. The Hall–Kier alpha value is -1.44. The van der Waals surface area contributed by atoms with Crippen LogP contribution in [0.15, 0.2) is 28.7 Å². The molecule has 29 heavy (non-hydrogen) atoms. The number of hydrogen-bond donors (Lipinski definition) is 1. The monoisotopic (exact) mass is 464 g/mol. The van der Waals surface area contributed by atoms with E-state index in [-0.39, 0.29) is 11.8 Å². The minimum Gasteiger partial charge on any atom is -0.340 e. The molecule has 1 aromatic carbocycles. The lowest BCUT2D eigenvalue weighted by Crippen LogP contribution is -2.48. The number of halogens is 1. The third-order valence-corrected chi connectivity index (χ3v) is 6.57. The highest BCUT2D eigenvalue weighted by atomic mass is 79.9. The SMILES string of the molecule is C[C@@H]1CCCCN1CCN(CCC(=O)N1CCNCC1)C(=O)c1ccc(Br)cc1. The summed E-state index contributed by atoms with van der Waals surface area (Å²) in [7, 11) is 0. The molecular formula is C22H33BrN4O2. The molecule has 1 atom stereocenters. The van der Waals surface area contributed by atoms with E-state index in [1.807, 2.05) is 34.1 Å². The van der Waals surface area contributed by atoms with E-state index in [1.54, 1.807) is 0 Å². The number of nitrogens with one attached hydrogen (secondary N) is 1. The molecule has 0 radical (unpaired) electrons. The van der Waals surface area contributed by atoms with Crippen molar-refractivity contribution in [1.29, 1.82) is 0 Å². The zero-order valence-electron chi connectivity index (χ0n) is 17.4. The van der Waals surface area contributed by atoms with Gasteiger partial charge in [-0.1, -0.05) is 22.4 Å². The summed E-state index contributed by atoms with van der Waals surface area (Å²) in [6, 6.07) is 8.05. The molecule has 0 saturated carbocycles. The molecule has 7 heteroatoms. The lowest BCUT2D eigenvalue weighted by atomic mass is 10.0. The van der Waals surface area contributed by atoms with Crippen molar-refractivity contribution in [3.8, 4) is 0 Å². The van der Waals surface area contributed by atoms with Crippen LogP contribution in [0.25, 0.3) is 0 Å². The van der Waals surface area contributed by atoms with Gasteiger partial charge in [-0.3, -0.25) is 14.5 Å². The topological polar surface area (TPSA) is 55.9 Å². The fourth-order valence-electron chi connectivity index (χ4n) is 4.13. The lowest BCUT2D eigenvalue weighted by molar-refractivity contribution is -0.131. The molecule has 2 heterocycles. The van der Waals surface area contributed by atoms with Crippen molar-refractivity contribution in [3.05, 3.63) is 34.3 Å². The van der Waals surface area contributed by atoms with E-state index in [0.29, 0.717) is 31.1 Å². The third-order valence-electron chi connectivity index (χ3n) is 6.04. The average Bonchev–Trinajstić information content (AvgIpc) is 2.75. The zero-order chi connectivity index (χ0) is 20.6. The summed E-state index contributed by atoms with van der Waals surface area (Å²) in [6.07, 6.45) is 4.13. The number of likely N-dealkylation sites (tertiary alicyclic amines) is 1. The Kier molecular flexibility index (Phi) is 8.51. The highest BCUT2D eigenvalue weighted by Gasteiger charge is 2.23. The number of carbonyl (C=O) groups excluding carboxylic acids is 2. The van der Waals surface area contributed by atoms with Crippen LogP contribution in [0, 0.1) is 0 Å². The van der Waals surface area contributed by atoms with Crippen LogP contribution in [0.4, 0.5) is 0 Å². The Balaban J connectivity index is 1.62. The van der Waals surface area contributed by atoms with Crippen LogP contribution in [-0.4, -0.2) is 84.9 Å². The maximum atomic E-state index is 13.2. The fourth-order valence-corrected chi connectivity index (χ4v) is 4.40. The molecule has 0 aromatic heterocycles. The molecule has 2 saturated heterocycles. The first-order valence-electron chi connectivity index (χ1n) is 10.8. The van der Waals surface area contributed by atoms with Crippen LogP contribution in [0.1, 0.15) is 43.0 Å². The van der Waals surface area contributed by atoms with E-state index in [2.05, 4.69) is 33.1 Å². The van der Waals surface area contributed by atoms with Crippen LogP contribution in [0.5, 0.6) is 0 Å². The molecule has 2 aliphatic rings. The van der Waals surface area contributed by atoms with Crippen molar-refractivity contribution in [2.24, 2.45) is 0 Å². The van der Waals surface area contributed by atoms with Crippen LogP contribution >= 0.6 is 15.9 Å². The number of carbonyl (C=O) groups is 2. The van der Waals surface area contributed by atoms with E-state index in [4.69, 9.17) is 0 Å². The first-order chi connectivity index (χ1) is 14.0. The van der Waals surface area contributed by atoms with Gasteiger partial charge in [0.2, 0.25) is 5.91 Å². The predicted molar refractivity (Wildman–Crippen MR) is 119 cm³/mol. The molecular weight excluding hydrogens is 432 g/mol. The molecule has 0 bridgehead atoms. The Labute approximate surface area is 182 Å². The summed E-state index contributed by atoms with van der Waals surface area (Å²) in [5, 5.41) is 3.27. The first-order valence-corrected chi connectivity index (χ1v) is 11.6. The molecule has 1 N–H and O–H groups in total. The van der Waals surface area contributed by atoms with E-state index in [9.17, 15) is 9.59 Å². The van der Waals surface area contributed by atoms with E-state index < -0.39 is 0 Å². The lowest BCUT2D eigenvalue weighted by Gasteiger charge is -2.35. The second kappa shape index (κ2) is 11.1. The molecule has 2 aliphatic heterocycles. The molecule has 0 spiro atoms. The number of benzene rings is 1. The Morgan fingerprint density at radius 1 is 1.10 bits per heavy atom. The molecule has 160 valence electrons. The normalized spacial score (nSPS) is 20.5. The van der Waals surface area contributed by atoms with Gasteiger partial charge >= 0.3 is 0 Å². The van der Waals surface area contributed by atoms with Crippen molar-refractivity contribution in [1.82, 2.24) is 20.0 Å². The van der Waals surface area contributed by atoms with Gasteiger partial charge in [-0.25, -0.2) is 0 Å². The summed E-state index contributed by atoms with van der Waals surface area (Å²) in [6.45, 7) is 8.57. The van der Waals surface area contributed by atoms with Gasteiger partial charge in [-0.2, -0.15) is 0 Å². The van der Waals surface area contributed by atoms with E-state index in [0.717, 1.165) is 43.7 Å². The third kappa shape index (κ3) is 6.52. The van der Waals surface area contributed by atoms with Gasteiger partial charge in [0, 0.05) is 68.3 Å². The highest BCUT2D eigenvalue weighted by molar-refractivity contribution is 9.10. The smallest absolute Gasteiger partial charge is 0.253 e. The van der Waals surface area contributed by atoms with Crippen molar-refractivity contribution in [2.75, 3.05) is 52.4 Å². The Morgan fingerprint density at radius 2 is 1.83 bits per heavy atom. The molecule has 1 aromatic rings. The van der Waals surface area contributed by atoms with Gasteiger partial charge in [0.25, 0.3) is 5.91 Å². The van der Waals surface area contributed by atoms with E-state index >= 15 is 0 Å². The number of rotatable bonds is 7. The maximum Gasteiger partial charge on any atom is 0.253 e. The average molecular weight is 465 g/mol. The molecule has 3 rings (SSSR count). The van der Waals surface area contributed by atoms with Crippen molar-refractivity contribution < 1.29 is 9.59 Å². The van der Waals surface area contributed by atoms with Crippen molar-refractivity contribution in [3.63, 3.8) is 0 Å². The summed E-state index contributed by atoms with van der Waals surface area (Å²) in [4.78, 5) is 32.0. The number of piperazine rings is 1. The standard InChI is InChI=1S/C22H33BrN4O2/c1-18-4-2-3-12-25(18)16-17-27(22(29)19-5-7-20(23)8-6-19)13-9-21(28)26-14-10-24-11-15-26/h5-8,18,24H,2-4,9-17H2,1H3/t18-/m1/s1. The van der Waals surface area contributed by atoms with Gasteiger partial charge in [0.15, 0.2) is 0 Å². The maximum absolute atomic E-state index is 13.2. The summed E-state index contributed by atoms with van der Waals surface area (Å²) in [5.41, 5.74) is 0.675. The first kappa shape index (κ1) is 22.2. The minimum absolute atomic E-state index is 0.00951. The zero-order valence-corrected chi connectivity index (χ0v) is 19.0. The largest absolute Gasteiger partial charge is 0.340 e. The van der Waals surface area contributed by atoms with Crippen molar-refractivity contribution >= 4 is 27.7 Å². The fraction of sp³-hybridized carbons (Fsp3) is 0.636. The van der Waals surface area contributed by atoms with Crippen LogP contribution in [0.2, 0.25) is 0 Å². The Bertz CT molecular complexity index is 676. The molecule has 2 amide bonds. The molecule has 0 unspecified atom stereocenters. The second-order valence-corrected chi connectivity index (χ2v) is 8.98. The molecule has 0 aliphatic carbocycles. The van der Waals surface area contributed by atoms with Crippen molar-refractivity contribution in [2.45, 2.75) is 38.6 Å². The van der Waals surface area contributed by atoms with Gasteiger partial charge in [0.05, 0.1) is 0 Å². The van der Waals surface area contributed by atoms with Crippen LogP contribution in [0.3, 0.4) is 0 Å². The summed E-state index contributed by atoms with van der Waals surface area (Å²) < 4.78 is 0.955. The Morgan fingerprint density at radius 3 is 2.52 bits per heavy atom. The molecule has 2 fully saturated rings. The van der Waals surface area contributed by atoms with E-state index in [1.165, 1.54) is 19.3 Å². The number of nitrogens with zero attached hydrogens (tertiary/aromatic N) is 3. The van der Waals surface area contributed by atoms with Crippen LogP contribution in [-0.2, 0) is 4.79 Å². The quantitative estimate of drug-likeness (QED) is 0.673. The summed E-state index contributed by atoms with van der Waals surface area (Å²) >= 11 is 3.43. The number of hydrogen-bond acceptors (Lipinski definition) is 4. The van der Waals surface area contributed by atoms with Gasteiger partial charge < -0.3 is 15.1 Å². The number of amides is 2. The second-order valence-electron chi connectivity index (χ2n) is 8.06. The summed E-state index contributed by atoms with van der Waals surface area (Å²) in [5.74, 6) is 0.154.